The van der Waals surface area contributed by atoms with Crippen LogP contribution in [0.3, 0.4) is 0 Å². The van der Waals surface area contributed by atoms with Crippen LogP contribution in [0.1, 0.15) is 5.56 Å². The highest BCUT2D eigenvalue weighted by atomic mass is 127. The second-order valence-electron chi connectivity index (χ2n) is 3.41. The molecule has 0 aliphatic carbocycles. The van der Waals surface area contributed by atoms with Crippen molar-refractivity contribution in [3.8, 4) is 11.5 Å². The molecule has 1 N–H and O–H groups in total. The van der Waals surface area contributed by atoms with Crippen molar-refractivity contribution in [1.29, 1.82) is 0 Å². The number of hydrazone groups is 1. The molecule has 5 heteroatoms. The molecule has 0 aliphatic rings. The van der Waals surface area contributed by atoms with Crippen LogP contribution in [0.25, 0.3) is 0 Å². The lowest BCUT2D eigenvalue weighted by molar-refractivity contribution is 0.482. The lowest BCUT2D eigenvalue weighted by atomic mass is 10.2. The predicted octanol–water partition coefficient (Wildman–Crippen LogP) is 4.40. The van der Waals surface area contributed by atoms with Crippen LogP contribution in [0.4, 0.5) is 0 Å². The smallest absolute Gasteiger partial charge is 0.127 e. The van der Waals surface area contributed by atoms with Gasteiger partial charge in [0.25, 0.3) is 0 Å². The van der Waals surface area contributed by atoms with E-state index in [2.05, 4.69) is 31.1 Å². The Morgan fingerprint density at radius 3 is 2.33 bits per heavy atom. The molecule has 0 aliphatic heterocycles. The van der Waals surface area contributed by atoms with E-state index in [4.69, 9.17) is 4.74 Å². The van der Waals surface area contributed by atoms with Crippen LogP contribution in [0.2, 0.25) is 0 Å². The SMILES string of the molecule is ISN/N=C/c1ccc(Oc2ccccc2)cc1. The number of ether oxygens (including phenoxy) is 1. The van der Waals surface area contributed by atoms with Gasteiger partial charge in [0.15, 0.2) is 0 Å². The molecule has 0 atom stereocenters. The maximum Gasteiger partial charge on any atom is 0.127 e. The number of nitrogens with one attached hydrogen (secondary N) is 1. The molecule has 0 radical (unpaired) electrons. The lowest BCUT2D eigenvalue weighted by Gasteiger charge is -2.05. The number of hydrogen-bond acceptors (Lipinski definition) is 4. The Morgan fingerprint density at radius 1 is 1.00 bits per heavy atom. The Morgan fingerprint density at radius 2 is 1.67 bits per heavy atom. The highest BCUT2D eigenvalue weighted by molar-refractivity contribution is 14.2. The van der Waals surface area contributed by atoms with Gasteiger partial charge in [0.05, 0.1) is 6.21 Å². The van der Waals surface area contributed by atoms with Crippen molar-refractivity contribution in [3.05, 3.63) is 60.2 Å². The number of rotatable bonds is 5. The molecule has 0 saturated heterocycles. The molecule has 0 aromatic heterocycles. The topological polar surface area (TPSA) is 33.6 Å². The largest absolute Gasteiger partial charge is 0.457 e. The number of benzene rings is 2. The fraction of sp³-hybridized carbons (Fsp3) is 0. The highest BCUT2D eigenvalue weighted by Crippen LogP contribution is 2.20. The van der Waals surface area contributed by atoms with Crippen LogP contribution >= 0.6 is 30.3 Å². The second kappa shape index (κ2) is 7.27. The summed E-state index contributed by atoms with van der Waals surface area (Å²) < 4.78 is 5.69. The number of halogens is 1. The maximum absolute atomic E-state index is 5.69. The summed E-state index contributed by atoms with van der Waals surface area (Å²) in [5, 5.41) is 4.01. The zero-order valence-electron chi connectivity index (χ0n) is 9.42. The van der Waals surface area contributed by atoms with Gasteiger partial charge in [-0.2, -0.15) is 5.10 Å². The molecular formula is C13H11IN2OS. The van der Waals surface area contributed by atoms with E-state index >= 15 is 0 Å². The third-order valence-electron chi connectivity index (χ3n) is 2.16. The minimum Gasteiger partial charge on any atom is -0.457 e. The van der Waals surface area contributed by atoms with E-state index in [1.54, 1.807) is 6.21 Å². The van der Waals surface area contributed by atoms with Gasteiger partial charge in [-0.05, 0) is 42.0 Å². The van der Waals surface area contributed by atoms with E-state index in [0.29, 0.717) is 0 Å². The molecule has 2 rings (SSSR count). The molecule has 0 saturated carbocycles. The Labute approximate surface area is 122 Å². The molecule has 18 heavy (non-hydrogen) atoms. The van der Waals surface area contributed by atoms with Crippen molar-refractivity contribution in [2.24, 2.45) is 5.10 Å². The van der Waals surface area contributed by atoms with Gasteiger partial charge in [0.2, 0.25) is 0 Å². The number of nitrogens with zero attached hydrogens (tertiary/aromatic N) is 1. The normalized spacial score (nSPS) is 10.5. The fourth-order valence-electron chi connectivity index (χ4n) is 1.37. The van der Waals surface area contributed by atoms with Gasteiger partial charge in [0.1, 0.15) is 11.5 Å². The summed E-state index contributed by atoms with van der Waals surface area (Å²) >= 11 is 2.12. The van der Waals surface area contributed by atoms with E-state index < -0.39 is 0 Å². The van der Waals surface area contributed by atoms with Crippen LogP contribution in [0.5, 0.6) is 11.5 Å². The van der Waals surface area contributed by atoms with Crippen molar-refractivity contribution in [2.75, 3.05) is 0 Å². The summed E-state index contributed by atoms with van der Waals surface area (Å²) in [6.45, 7) is 0. The molecule has 2 aromatic rings. The summed E-state index contributed by atoms with van der Waals surface area (Å²) in [6.07, 6.45) is 1.76. The highest BCUT2D eigenvalue weighted by Gasteiger charge is 1.95. The first-order valence-corrected chi connectivity index (χ1v) is 8.63. The van der Waals surface area contributed by atoms with Crippen molar-refractivity contribution < 1.29 is 4.74 Å². The Balaban J connectivity index is 2.00. The van der Waals surface area contributed by atoms with Crippen molar-refractivity contribution in [1.82, 2.24) is 4.83 Å². The molecular weight excluding hydrogens is 359 g/mol. The van der Waals surface area contributed by atoms with Crippen molar-refractivity contribution in [3.63, 3.8) is 0 Å². The van der Waals surface area contributed by atoms with Crippen LogP contribution in [0, 0.1) is 0 Å². The molecule has 0 bridgehead atoms. The average molecular weight is 370 g/mol. The third kappa shape index (κ3) is 4.23. The van der Waals surface area contributed by atoms with Gasteiger partial charge in [-0.3, -0.25) is 0 Å². The molecule has 0 amide bonds. The maximum atomic E-state index is 5.69. The van der Waals surface area contributed by atoms with Gasteiger partial charge in [0, 0.05) is 30.3 Å². The van der Waals surface area contributed by atoms with Crippen LogP contribution in [-0.2, 0) is 0 Å². The molecule has 0 heterocycles. The quantitative estimate of drug-likeness (QED) is 0.367. The monoisotopic (exact) mass is 370 g/mol. The first kappa shape index (κ1) is 13.2. The molecule has 2 aromatic carbocycles. The summed E-state index contributed by atoms with van der Waals surface area (Å²) in [6, 6.07) is 17.5. The van der Waals surface area contributed by atoms with Gasteiger partial charge in [-0.1, -0.05) is 18.2 Å². The minimum atomic E-state index is 0.814. The van der Waals surface area contributed by atoms with Crippen LogP contribution < -0.4 is 9.57 Å². The minimum absolute atomic E-state index is 0.814. The van der Waals surface area contributed by atoms with Gasteiger partial charge in [-0.15, -0.1) is 0 Å². The Hall–Kier alpha value is -1.21. The Kier molecular flexibility index (Phi) is 5.35. The van der Waals surface area contributed by atoms with Gasteiger partial charge in [-0.25, -0.2) is 4.83 Å². The van der Waals surface area contributed by atoms with Crippen molar-refractivity contribution in [2.45, 2.75) is 0 Å². The van der Waals surface area contributed by atoms with Gasteiger partial charge >= 0.3 is 0 Å². The first-order chi connectivity index (χ1) is 8.88. The summed E-state index contributed by atoms with van der Waals surface area (Å²) in [5.74, 6) is 1.65. The van der Waals surface area contributed by atoms with Gasteiger partial charge < -0.3 is 4.74 Å². The molecule has 92 valence electrons. The number of hydrogen-bond donors (Lipinski definition) is 1. The number of para-hydroxylation sites is 1. The molecule has 0 spiro atoms. The molecule has 0 unspecified atom stereocenters. The molecule has 3 nitrogen and oxygen atoms in total. The van der Waals surface area contributed by atoms with Crippen LogP contribution in [0.15, 0.2) is 59.7 Å². The van der Waals surface area contributed by atoms with E-state index in [9.17, 15) is 0 Å². The fourth-order valence-corrected chi connectivity index (χ4v) is 1.80. The summed E-state index contributed by atoms with van der Waals surface area (Å²) in [7, 11) is 1.42. The summed E-state index contributed by atoms with van der Waals surface area (Å²) in [4.78, 5) is 2.79. The Bertz CT molecular complexity index is 502. The zero-order chi connectivity index (χ0) is 12.6. The lowest BCUT2D eigenvalue weighted by Crippen LogP contribution is -1.90. The van der Waals surface area contributed by atoms with Crippen molar-refractivity contribution >= 4 is 36.5 Å². The summed E-state index contributed by atoms with van der Waals surface area (Å²) in [5.41, 5.74) is 1.02. The van der Waals surface area contributed by atoms with E-state index in [-0.39, 0.29) is 0 Å². The molecule has 0 fully saturated rings. The second-order valence-corrected chi connectivity index (χ2v) is 5.07. The zero-order valence-corrected chi connectivity index (χ0v) is 12.4. The van der Waals surface area contributed by atoms with Crippen LogP contribution in [-0.4, -0.2) is 6.21 Å². The predicted molar refractivity (Wildman–Crippen MR) is 85.3 cm³/mol. The van der Waals surface area contributed by atoms with E-state index in [1.165, 1.54) is 9.12 Å². The van der Waals surface area contributed by atoms with E-state index in [1.807, 2.05) is 54.6 Å². The standard InChI is InChI=1S/C13H11IN2OS/c14-18-16-15-10-11-6-8-13(9-7-11)17-12-4-2-1-3-5-12/h1-10,16H/b15-10+. The van der Waals surface area contributed by atoms with E-state index in [0.717, 1.165) is 17.1 Å². The average Bonchev–Trinajstić information content (AvgIpc) is 2.42. The third-order valence-corrected chi connectivity index (χ3v) is 2.93. The first-order valence-electron chi connectivity index (χ1n) is 5.27.